The van der Waals surface area contributed by atoms with E-state index in [0.717, 1.165) is 25.9 Å². The van der Waals surface area contributed by atoms with Crippen LogP contribution in [0.3, 0.4) is 0 Å². The molecule has 2 aromatic carbocycles. The Labute approximate surface area is 154 Å². The van der Waals surface area contributed by atoms with E-state index in [4.69, 9.17) is 0 Å². The van der Waals surface area contributed by atoms with Gasteiger partial charge in [0.15, 0.2) is 0 Å². The van der Waals surface area contributed by atoms with Crippen LogP contribution in [0.15, 0.2) is 88.8 Å². The molecule has 0 amide bonds. The molecule has 0 saturated heterocycles. The smallest absolute Gasteiger partial charge is 0.222 e. The third-order valence-electron chi connectivity index (χ3n) is 4.14. The van der Waals surface area contributed by atoms with Crippen molar-refractivity contribution in [2.45, 2.75) is 12.3 Å². The molecule has 0 saturated carbocycles. The molecular formula is C20H18BrN2O2+. The van der Waals surface area contributed by atoms with Crippen LogP contribution in [0.1, 0.15) is 29.0 Å². The Hall–Kier alpha value is -2.66. The molecule has 0 fully saturated rings. The highest BCUT2D eigenvalue weighted by molar-refractivity contribution is 9.10. The maximum absolute atomic E-state index is 9.55. The van der Waals surface area contributed by atoms with Gasteiger partial charge in [0.1, 0.15) is 0 Å². The van der Waals surface area contributed by atoms with Crippen LogP contribution in [0.2, 0.25) is 0 Å². The third-order valence-corrected chi connectivity index (χ3v) is 4.67. The van der Waals surface area contributed by atoms with Gasteiger partial charge in [0, 0.05) is 39.2 Å². The zero-order valence-electron chi connectivity index (χ0n) is 13.5. The van der Waals surface area contributed by atoms with E-state index in [2.05, 4.69) is 45.4 Å². The van der Waals surface area contributed by atoms with Gasteiger partial charge < -0.3 is 5.21 Å². The molecule has 0 radical (unpaired) electrons. The Kier molecular flexibility index (Phi) is 5.46. The zero-order valence-corrected chi connectivity index (χ0v) is 15.0. The van der Waals surface area contributed by atoms with Crippen LogP contribution in [0, 0.1) is 0 Å². The molecule has 2 N–H and O–H groups in total. The number of nitrogens with zero attached hydrogens (tertiary/aromatic N) is 2. The molecule has 3 rings (SSSR count). The lowest BCUT2D eigenvalue weighted by Crippen LogP contribution is -2.28. The summed E-state index contributed by atoms with van der Waals surface area (Å²) < 4.78 is 1.98. The normalized spacial score (nSPS) is 12.8. The second kappa shape index (κ2) is 7.94. The first-order valence-electron chi connectivity index (χ1n) is 7.89. The fourth-order valence-corrected chi connectivity index (χ4v) is 3.09. The Bertz CT molecular complexity index is 847. The topological polar surface area (TPSA) is 56.7 Å². The fourth-order valence-electron chi connectivity index (χ4n) is 2.83. The van der Waals surface area contributed by atoms with Crippen LogP contribution in [-0.2, 0) is 0 Å². The molecule has 25 heavy (non-hydrogen) atoms. The number of pyridine rings is 1. The van der Waals surface area contributed by atoms with Crippen LogP contribution in [0.25, 0.3) is 0 Å². The standard InChI is InChI=1S/C20H17BrN2O2/c21-18-8-6-16(7-9-18)19(15-4-2-1-3-5-15)14-20(22-24)17-10-12-23(25)13-11-17/h1-13,19,25H,14H2/p+1. The number of halogens is 1. The van der Waals surface area contributed by atoms with Crippen molar-refractivity contribution in [3.63, 3.8) is 0 Å². The summed E-state index contributed by atoms with van der Waals surface area (Å²) in [6.45, 7) is 0. The van der Waals surface area contributed by atoms with Crippen molar-refractivity contribution < 1.29 is 15.1 Å². The first kappa shape index (κ1) is 17.2. The Balaban J connectivity index is 1.96. The van der Waals surface area contributed by atoms with E-state index < -0.39 is 0 Å². The van der Waals surface area contributed by atoms with Crippen molar-refractivity contribution in [2.24, 2.45) is 5.16 Å². The molecule has 5 heteroatoms. The van der Waals surface area contributed by atoms with Crippen LogP contribution in [-0.4, -0.2) is 16.1 Å². The van der Waals surface area contributed by atoms with Crippen LogP contribution in [0.4, 0.5) is 0 Å². The van der Waals surface area contributed by atoms with Gasteiger partial charge in [-0.25, -0.2) is 0 Å². The summed E-state index contributed by atoms with van der Waals surface area (Å²) >= 11 is 3.47. The van der Waals surface area contributed by atoms with Gasteiger partial charge in [-0.1, -0.05) is 63.6 Å². The third kappa shape index (κ3) is 4.25. The van der Waals surface area contributed by atoms with E-state index in [1.807, 2.05) is 30.3 Å². The lowest BCUT2D eigenvalue weighted by Gasteiger charge is -2.19. The molecule has 0 aliphatic carbocycles. The quantitative estimate of drug-likeness (QED) is 0.220. The minimum Gasteiger partial charge on any atom is -0.411 e. The first-order valence-corrected chi connectivity index (χ1v) is 8.69. The lowest BCUT2D eigenvalue weighted by atomic mass is 9.85. The molecule has 4 nitrogen and oxygen atoms in total. The largest absolute Gasteiger partial charge is 0.411 e. The number of hydrogen-bond donors (Lipinski definition) is 2. The number of rotatable bonds is 5. The van der Waals surface area contributed by atoms with Gasteiger partial charge in [0.25, 0.3) is 0 Å². The number of hydrogen-bond acceptors (Lipinski definition) is 3. The molecule has 0 aliphatic heterocycles. The first-order chi connectivity index (χ1) is 12.2. The molecule has 1 atom stereocenters. The highest BCUT2D eigenvalue weighted by Crippen LogP contribution is 2.30. The molecule has 3 aromatic rings. The molecule has 0 spiro atoms. The summed E-state index contributed by atoms with van der Waals surface area (Å²) in [5, 5.41) is 22.4. The van der Waals surface area contributed by atoms with Crippen molar-refractivity contribution in [2.75, 3.05) is 0 Å². The van der Waals surface area contributed by atoms with Gasteiger partial charge in [0.2, 0.25) is 12.4 Å². The second-order valence-electron chi connectivity index (χ2n) is 5.73. The van der Waals surface area contributed by atoms with E-state index in [0.29, 0.717) is 12.1 Å². The lowest BCUT2D eigenvalue weighted by molar-refractivity contribution is -0.904. The van der Waals surface area contributed by atoms with Crippen LogP contribution in [0.5, 0.6) is 0 Å². The predicted octanol–water partition coefficient (Wildman–Crippen LogP) is 4.37. The number of oxime groups is 1. The highest BCUT2D eigenvalue weighted by Gasteiger charge is 2.19. The summed E-state index contributed by atoms with van der Waals surface area (Å²) in [6.07, 6.45) is 3.56. The Morgan fingerprint density at radius 3 is 2.12 bits per heavy atom. The Morgan fingerprint density at radius 2 is 1.52 bits per heavy atom. The molecule has 1 heterocycles. The van der Waals surface area contributed by atoms with Crippen LogP contribution >= 0.6 is 15.9 Å². The van der Waals surface area contributed by atoms with Gasteiger partial charge >= 0.3 is 0 Å². The van der Waals surface area contributed by atoms with Crippen molar-refractivity contribution in [1.82, 2.24) is 0 Å². The van der Waals surface area contributed by atoms with Gasteiger partial charge in [0.05, 0.1) is 5.71 Å². The van der Waals surface area contributed by atoms with E-state index in [9.17, 15) is 10.4 Å². The molecule has 0 aliphatic rings. The summed E-state index contributed by atoms with van der Waals surface area (Å²) in [5.41, 5.74) is 3.63. The average Bonchev–Trinajstić information content (AvgIpc) is 2.65. The minimum absolute atomic E-state index is 0.0571. The summed E-state index contributed by atoms with van der Waals surface area (Å²) in [7, 11) is 0. The van der Waals surface area contributed by atoms with Gasteiger partial charge in [-0.15, -0.1) is 0 Å². The fraction of sp³-hybridized carbons (Fsp3) is 0.100. The van der Waals surface area contributed by atoms with E-state index in [1.54, 1.807) is 12.1 Å². The van der Waals surface area contributed by atoms with Crippen molar-refractivity contribution in [3.05, 3.63) is 100 Å². The SMILES string of the molecule is O/N=C(\CC(c1ccccc1)c1ccc(Br)cc1)c1cc[n+](O)cc1. The molecule has 1 aromatic heterocycles. The van der Waals surface area contributed by atoms with Crippen molar-refractivity contribution in [3.8, 4) is 0 Å². The van der Waals surface area contributed by atoms with E-state index >= 15 is 0 Å². The second-order valence-corrected chi connectivity index (χ2v) is 6.65. The summed E-state index contributed by atoms with van der Waals surface area (Å²) in [5.74, 6) is 0.0571. The van der Waals surface area contributed by atoms with Gasteiger partial charge in [-0.2, -0.15) is 0 Å². The van der Waals surface area contributed by atoms with Gasteiger partial charge in [-0.3, -0.25) is 5.21 Å². The molecule has 126 valence electrons. The highest BCUT2D eigenvalue weighted by atomic mass is 79.9. The van der Waals surface area contributed by atoms with Crippen molar-refractivity contribution >= 4 is 21.6 Å². The number of benzene rings is 2. The maximum atomic E-state index is 9.55. The number of aromatic nitrogens is 1. The summed E-state index contributed by atoms with van der Waals surface area (Å²) in [6, 6.07) is 21.8. The van der Waals surface area contributed by atoms with Gasteiger partial charge in [-0.05, 0) is 23.3 Å². The maximum Gasteiger partial charge on any atom is 0.222 e. The van der Waals surface area contributed by atoms with Crippen LogP contribution < -0.4 is 4.73 Å². The average molecular weight is 398 g/mol. The van der Waals surface area contributed by atoms with E-state index in [-0.39, 0.29) is 5.92 Å². The predicted molar refractivity (Wildman–Crippen MR) is 99.2 cm³/mol. The van der Waals surface area contributed by atoms with E-state index in [1.165, 1.54) is 12.4 Å². The minimum atomic E-state index is 0.0571. The monoisotopic (exact) mass is 397 g/mol. The summed E-state index contributed by atoms with van der Waals surface area (Å²) in [4.78, 5) is 0. The molecule has 0 bridgehead atoms. The molecular weight excluding hydrogens is 380 g/mol. The Morgan fingerprint density at radius 1 is 0.920 bits per heavy atom. The molecule has 1 unspecified atom stereocenters. The van der Waals surface area contributed by atoms with Crippen molar-refractivity contribution in [1.29, 1.82) is 0 Å². The zero-order chi connectivity index (χ0) is 17.6.